The monoisotopic (exact) mass is 217 g/mol. The Morgan fingerprint density at radius 3 is 2.87 bits per heavy atom. The normalized spacial score (nSPS) is 15.5. The van der Waals surface area contributed by atoms with E-state index >= 15 is 0 Å². The van der Waals surface area contributed by atoms with Gasteiger partial charge in [-0.2, -0.15) is 5.10 Å². The molecule has 0 saturated carbocycles. The number of fused-ring (bicyclic) bond motifs is 1. The number of carbonyl (C=O) groups is 1. The third-order valence-corrected chi connectivity index (χ3v) is 2.41. The van der Waals surface area contributed by atoms with Gasteiger partial charge in [-0.3, -0.25) is 4.68 Å². The minimum atomic E-state index is -2.61. The average Bonchev–Trinajstić information content (AvgIpc) is 2.59. The molecule has 1 aromatic rings. The number of hydrogen-bond donors (Lipinski definition) is 1. The number of alkyl halides is 2. The number of nitrogens with zero attached hydrogens (tertiary/aromatic N) is 3. The second-order valence-corrected chi connectivity index (χ2v) is 3.27. The molecule has 1 aromatic heterocycles. The van der Waals surface area contributed by atoms with E-state index in [0.717, 1.165) is 11.1 Å². The van der Waals surface area contributed by atoms with E-state index < -0.39 is 12.5 Å². The Bertz CT molecular complexity index is 391. The predicted octanol–water partition coefficient (Wildman–Crippen LogP) is 1.31. The molecule has 1 N–H and O–H groups in total. The van der Waals surface area contributed by atoms with Crippen molar-refractivity contribution >= 4 is 6.09 Å². The first-order valence-electron chi connectivity index (χ1n) is 4.40. The molecule has 5 nitrogen and oxygen atoms in total. The van der Waals surface area contributed by atoms with Gasteiger partial charge in [0, 0.05) is 6.54 Å². The molecular weight excluding hydrogens is 208 g/mol. The Morgan fingerprint density at radius 2 is 2.27 bits per heavy atom. The van der Waals surface area contributed by atoms with E-state index in [1.165, 1.54) is 4.68 Å². The summed E-state index contributed by atoms with van der Waals surface area (Å²) < 4.78 is 26.4. The third kappa shape index (κ3) is 1.64. The van der Waals surface area contributed by atoms with Gasteiger partial charge in [0.1, 0.15) is 0 Å². The zero-order chi connectivity index (χ0) is 11.0. The molecule has 0 radical (unpaired) electrons. The lowest BCUT2D eigenvalue weighted by Crippen LogP contribution is -2.37. The summed E-state index contributed by atoms with van der Waals surface area (Å²) in [4.78, 5) is 11.8. The van der Waals surface area contributed by atoms with Crippen molar-refractivity contribution in [1.29, 1.82) is 0 Å². The Labute approximate surface area is 83.9 Å². The number of hydrogen-bond acceptors (Lipinski definition) is 2. The largest absolute Gasteiger partial charge is 0.465 e. The molecule has 0 atom stereocenters. The van der Waals surface area contributed by atoms with E-state index in [-0.39, 0.29) is 18.7 Å². The Hall–Kier alpha value is -1.66. The van der Waals surface area contributed by atoms with Crippen LogP contribution in [0, 0.1) is 0 Å². The maximum atomic E-state index is 12.5. The van der Waals surface area contributed by atoms with Crippen molar-refractivity contribution in [2.45, 2.75) is 19.5 Å². The molecular formula is C8H9F2N3O2. The summed E-state index contributed by atoms with van der Waals surface area (Å²) in [5.74, 6) is 0. The van der Waals surface area contributed by atoms with Gasteiger partial charge in [-0.05, 0) is 0 Å². The van der Waals surface area contributed by atoms with Gasteiger partial charge in [-0.15, -0.1) is 0 Å². The number of halogens is 2. The van der Waals surface area contributed by atoms with Gasteiger partial charge < -0.3 is 10.0 Å². The van der Waals surface area contributed by atoms with Crippen LogP contribution in [0.2, 0.25) is 0 Å². The van der Waals surface area contributed by atoms with Gasteiger partial charge in [-0.25, -0.2) is 13.6 Å². The molecule has 7 heteroatoms. The molecule has 15 heavy (non-hydrogen) atoms. The lowest BCUT2D eigenvalue weighted by Gasteiger charge is -2.25. The van der Waals surface area contributed by atoms with Crippen LogP contribution in [0.4, 0.5) is 13.6 Å². The van der Waals surface area contributed by atoms with Crippen LogP contribution in [0.15, 0.2) is 6.20 Å². The Kier molecular flexibility index (Phi) is 2.29. The fourth-order valence-electron chi connectivity index (χ4n) is 1.61. The molecule has 0 fully saturated rings. The minimum absolute atomic E-state index is 0.0188. The van der Waals surface area contributed by atoms with Gasteiger partial charge in [0.2, 0.25) is 0 Å². The smallest absolute Gasteiger partial charge is 0.407 e. The molecule has 1 amide bonds. The maximum Gasteiger partial charge on any atom is 0.407 e. The van der Waals surface area contributed by atoms with Gasteiger partial charge in [0.15, 0.2) is 0 Å². The lowest BCUT2D eigenvalue weighted by atomic mass is 10.2. The van der Waals surface area contributed by atoms with Crippen molar-refractivity contribution in [1.82, 2.24) is 14.7 Å². The Morgan fingerprint density at radius 1 is 1.53 bits per heavy atom. The second-order valence-electron chi connectivity index (χ2n) is 3.27. The zero-order valence-electron chi connectivity index (χ0n) is 7.73. The van der Waals surface area contributed by atoms with Crippen molar-refractivity contribution < 1.29 is 18.7 Å². The molecule has 0 aliphatic carbocycles. The van der Waals surface area contributed by atoms with Gasteiger partial charge in [0.25, 0.3) is 6.43 Å². The molecule has 0 saturated heterocycles. The van der Waals surface area contributed by atoms with Crippen molar-refractivity contribution in [3.8, 4) is 0 Å². The number of aromatic nitrogens is 2. The van der Waals surface area contributed by atoms with Crippen molar-refractivity contribution in [2.75, 3.05) is 6.54 Å². The van der Waals surface area contributed by atoms with Crippen molar-refractivity contribution in [2.24, 2.45) is 0 Å². The first kappa shape index (κ1) is 9.88. The third-order valence-electron chi connectivity index (χ3n) is 2.41. The standard InChI is InChI=1S/C8H9F2N3O2/c9-7(10)5-3-11-13-2-1-12(8(14)15)4-6(5)13/h3,7H,1-2,4H2,(H,14,15). The van der Waals surface area contributed by atoms with Crippen LogP contribution >= 0.6 is 0 Å². The second kappa shape index (κ2) is 3.48. The highest BCUT2D eigenvalue weighted by Gasteiger charge is 2.26. The molecule has 0 unspecified atom stereocenters. The molecule has 0 spiro atoms. The summed E-state index contributed by atoms with van der Waals surface area (Å²) in [7, 11) is 0. The highest BCUT2D eigenvalue weighted by atomic mass is 19.3. The lowest BCUT2D eigenvalue weighted by molar-refractivity contribution is 0.125. The highest BCUT2D eigenvalue weighted by Crippen LogP contribution is 2.25. The number of rotatable bonds is 1. The van der Waals surface area contributed by atoms with Crippen LogP contribution in [0.25, 0.3) is 0 Å². The number of carboxylic acid groups (broad SMARTS) is 1. The quantitative estimate of drug-likeness (QED) is 0.771. The number of amides is 1. The summed E-state index contributed by atoms with van der Waals surface area (Å²) in [6.07, 6.45) is -2.60. The molecule has 0 bridgehead atoms. The summed E-state index contributed by atoms with van der Waals surface area (Å²) in [6, 6.07) is 0. The van der Waals surface area contributed by atoms with Crippen molar-refractivity contribution in [3.63, 3.8) is 0 Å². The fraction of sp³-hybridized carbons (Fsp3) is 0.500. The summed E-state index contributed by atoms with van der Waals surface area (Å²) >= 11 is 0. The molecule has 82 valence electrons. The zero-order valence-corrected chi connectivity index (χ0v) is 7.73. The topological polar surface area (TPSA) is 58.4 Å². The molecule has 2 rings (SSSR count). The first-order chi connectivity index (χ1) is 7.09. The van der Waals surface area contributed by atoms with Gasteiger partial charge in [-0.1, -0.05) is 0 Å². The van der Waals surface area contributed by atoms with E-state index in [9.17, 15) is 13.6 Å². The summed E-state index contributed by atoms with van der Waals surface area (Å²) in [5.41, 5.74) is 0.111. The van der Waals surface area contributed by atoms with Crippen LogP contribution in [0.1, 0.15) is 17.7 Å². The van der Waals surface area contributed by atoms with Crippen LogP contribution in [-0.2, 0) is 13.1 Å². The first-order valence-corrected chi connectivity index (χ1v) is 4.40. The van der Waals surface area contributed by atoms with Gasteiger partial charge >= 0.3 is 6.09 Å². The highest BCUT2D eigenvalue weighted by molar-refractivity contribution is 5.65. The molecule has 2 heterocycles. The SMILES string of the molecule is O=C(O)N1CCn2ncc(C(F)F)c2C1. The summed E-state index contributed by atoms with van der Waals surface area (Å²) in [6.45, 7) is 0.593. The van der Waals surface area contributed by atoms with Crippen LogP contribution in [0.5, 0.6) is 0 Å². The van der Waals surface area contributed by atoms with Crippen LogP contribution in [0.3, 0.4) is 0 Å². The molecule has 1 aliphatic rings. The minimum Gasteiger partial charge on any atom is -0.465 e. The maximum absolute atomic E-state index is 12.5. The van der Waals surface area contributed by atoms with Crippen LogP contribution in [-0.4, -0.2) is 32.4 Å². The van der Waals surface area contributed by atoms with E-state index in [1.54, 1.807) is 0 Å². The van der Waals surface area contributed by atoms with Crippen LogP contribution < -0.4 is 0 Å². The van der Waals surface area contributed by atoms with E-state index in [4.69, 9.17) is 5.11 Å². The Balaban J connectivity index is 2.30. The van der Waals surface area contributed by atoms with Gasteiger partial charge in [0.05, 0.1) is 30.5 Å². The molecule has 0 aromatic carbocycles. The summed E-state index contributed by atoms with van der Waals surface area (Å²) in [5, 5.41) is 12.5. The average molecular weight is 217 g/mol. The van der Waals surface area contributed by atoms with E-state index in [2.05, 4.69) is 5.10 Å². The van der Waals surface area contributed by atoms with E-state index in [0.29, 0.717) is 12.2 Å². The van der Waals surface area contributed by atoms with E-state index in [1.807, 2.05) is 0 Å². The van der Waals surface area contributed by atoms with Crippen molar-refractivity contribution in [3.05, 3.63) is 17.5 Å². The predicted molar refractivity (Wildman–Crippen MR) is 45.6 cm³/mol. The molecule has 1 aliphatic heterocycles. The fourth-order valence-corrected chi connectivity index (χ4v) is 1.61.